The summed E-state index contributed by atoms with van der Waals surface area (Å²) in [5.41, 5.74) is 5.35. The molecular weight excluding hydrogens is 516 g/mol. The molecule has 7 nitrogen and oxygen atoms in total. The highest BCUT2D eigenvalue weighted by molar-refractivity contribution is 9.10. The van der Waals surface area contributed by atoms with Gasteiger partial charge in [-0.25, -0.2) is 5.43 Å². The lowest BCUT2D eigenvalue weighted by atomic mass is 9.96. The predicted octanol–water partition coefficient (Wildman–Crippen LogP) is 4.93. The number of amides is 2. The number of hydrogen-bond donors (Lipinski definition) is 2. The fourth-order valence-electron chi connectivity index (χ4n) is 3.60. The van der Waals surface area contributed by atoms with Crippen LogP contribution in [0.1, 0.15) is 40.0 Å². The van der Waals surface area contributed by atoms with Gasteiger partial charge in [0.05, 0.1) is 11.8 Å². The number of carbonyl (C=O) groups is 2. The maximum atomic E-state index is 12.4. The number of hydrogen-bond acceptors (Lipinski definition) is 6. The standard InChI is InChI=1S/C25H21BrN4O3S/c26-18-11-9-16(10-12-18)15-33-21-7-3-1-5-17(21)14-28-30-24(32)23(31)29-25-20(13-27)19-6-2-4-8-22(19)34-25/h1,3,5,7,9-12,14H,2,4,6,8,15H2,(H,29,31)(H,30,32)/b28-14-. The van der Waals surface area contributed by atoms with Gasteiger partial charge >= 0.3 is 11.8 Å². The fourth-order valence-corrected chi connectivity index (χ4v) is 5.10. The quantitative estimate of drug-likeness (QED) is 0.264. The van der Waals surface area contributed by atoms with E-state index in [1.807, 2.05) is 36.4 Å². The van der Waals surface area contributed by atoms with Crippen LogP contribution in [0.15, 0.2) is 58.1 Å². The third-order valence-corrected chi connectivity index (χ3v) is 7.05. The molecule has 0 spiro atoms. The number of hydrazone groups is 1. The molecule has 0 saturated heterocycles. The number of nitrogens with zero attached hydrogens (tertiary/aromatic N) is 2. The Labute approximate surface area is 209 Å². The van der Waals surface area contributed by atoms with E-state index in [0.717, 1.165) is 46.2 Å². The van der Waals surface area contributed by atoms with Gasteiger partial charge in [0, 0.05) is 14.9 Å². The zero-order valence-corrected chi connectivity index (χ0v) is 20.5. The maximum absolute atomic E-state index is 12.4. The van der Waals surface area contributed by atoms with E-state index in [0.29, 0.717) is 28.5 Å². The van der Waals surface area contributed by atoms with Gasteiger partial charge in [-0.3, -0.25) is 9.59 Å². The lowest BCUT2D eigenvalue weighted by molar-refractivity contribution is -0.136. The van der Waals surface area contributed by atoms with E-state index in [1.165, 1.54) is 17.6 Å². The van der Waals surface area contributed by atoms with E-state index < -0.39 is 11.8 Å². The molecular formula is C25H21BrN4O3S. The van der Waals surface area contributed by atoms with E-state index in [2.05, 4.69) is 37.8 Å². The van der Waals surface area contributed by atoms with Crippen LogP contribution in [-0.4, -0.2) is 18.0 Å². The number of ether oxygens (including phenoxy) is 1. The second-order valence-electron chi connectivity index (χ2n) is 7.63. The summed E-state index contributed by atoms with van der Waals surface area (Å²) in [6.07, 6.45) is 5.23. The van der Waals surface area contributed by atoms with Crippen molar-refractivity contribution in [2.24, 2.45) is 5.10 Å². The number of nitrogens with one attached hydrogen (secondary N) is 2. The summed E-state index contributed by atoms with van der Waals surface area (Å²) < 4.78 is 6.88. The molecule has 0 bridgehead atoms. The minimum atomic E-state index is -0.917. The molecule has 4 rings (SSSR count). The Morgan fingerprint density at radius 2 is 1.88 bits per heavy atom. The van der Waals surface area contributed by atoms with Crippen molar-refractivity contribution in [2.45, 2.75) is 32.3 Å². The van der Waals surface area contributed by atoms with Crippen LogP contribution in [0.25, 0.3) is 0 Å². The molecule has 1 heterocycles. The van der Waals surface area contributed by atoms with Crippen molar-refractivity contribution in [1.82, 2.24) is 5.43 Å². The fraction of sp³-hybridized carbons (Fsp3) is 0.200. The summed E-state index contributed by atoms with van der Waals surface area (Å²) in [6, 6.07) is 17.2. The third kappa shape index (κ3) is 5.71. The van der Waals surface area contributed by atoms with Gasteiger partial charge in [0.15, 0.2) is 0 Å². The van der Waals surface area contributed by atoms with Gasteiger partial charge in [-0.2, -0.15) is 10.4 Å². The van der Waals surface area contributed by atoms with Crippen LogP contribution < -0.4 is 15.5 Å². The molecule has 0 aliphatic heterocycles. The summed E-state index contributed by atoms with van der Waals surface area (Å²) in [5.74, 6) is -1.19. The van der Waals surface area contributed by atoms with Crippen molar-refractivity contribution in [3.63, 3.8) is 0 Å². The number of fused-ring (bicyclic) bond motifs is 1. The van der Waals surface area contributed by atoms with Crippen molar-refractivity contribution in [1.29, 1.82) is 5.26 Å². The van der Waals surface area contributed by atoms with Crippen LogP contribution in [-0.2, 0) is 29.0 Å². The molecule has 2 aromatic carbocycles. The van der Waals surface area contributed by atoms with Crippen LogP contribution in [0.4, 0.5) is 5.00 Å². The number of benzene rings is 2. The SMILES string of the molecule is N#Cc1c(NC(=O)C(=O)N/N=C\c2ccccc2OCc2ccc(Br)cc2)sc2c1CCCC2. The Balaban J connectivity index is 1.36. The van der Waals surface area contributed by atoms with Crippen LogP contribution in [0, 0.1) is 11.3 Å². The van der Waals surface area contributed by atoms with E-state index in [-0.39, 0.29) is 0 Å². The van der Waals surface area contributed by atoms with Crippen molar-refractivity contribution in [3.05, 3.63) is 80.1 Å². The maximum Gasteiger partial charge on any atom is 0.329 e. The first-order chi connectivity index (χ1) is 16.5. The topological polar surface area (TPSA) is 104 Å². The average molecular weight is 537 g/mol. The Morgan fingerprint density at radius 1 is 1.12 bits per heavy atom. The highest BCUT2D eigenvalue weighted by atomic mass is 79.9. The van der Waals surface area contributed by atoms with Crippen LogP contribution in [0.2, 0.25) is 0 Å². The first kappa shape index (κ1) is 23.7. The zero-order chi connectivity index (χ0) is 23.9. The summed E-state index contributed by atoms with van der Waals surface area (Å²) in [7, 11) is 0. The molecule has 9 heteroatoms. The second-order valence-corrected chi connectivity index (χ2v) is 9.65. The normalized spacial score (nSPS) is 12.6. The van der Waals surface area contributed by atoms with Crippen LogP contribution in [0.3, 0.4) is 0 Å². The van der Waals surface area contributed by atoms with E-state index in [1.54, 1.807) is 12.1 Å². The third-order valence-electron chi connectivity index (χ3n) is 5.31. The highest BCUT2D eigenvalue weighted by Gasteiger charge is 2.23. The number of thiophene rings is 1. The zero-order valence-electron chi connectivity index (χ0n) is 18.1. The minimum Gasteiger partial charge on any atom is -0.488 e. The summed E-state index contributed by atoms with van der Waals surface area (Å²) in [4.78, 5) is 25.7. The molecule has 0 saturated carbocycles. The Bertz CT molecular complexity index is 1280. The number of rotatable bonds is 6. The molecule has 1 aromatic heterocycles. The van der Waals surface area contributed by atoms with E-state index in [9.17, 15) is 14.9 Å². The molecule has 3 aromatic rings. The smallest absolute Gasteiger partial charge is 0.329 e. The van der Waals surface area contributed by atoms with Crippen LogP contribution >= 0.6 is 27.3 Å². The summed E-state index contributed by atoms with van der Waals surface area (Å²) in [5, 5.41) is 16.4. The number of halogens is 1. The van der Waals surface area contributed by atoms with Gasteiger partial charge in [0.2, 0.25) is 0 Å². The van der Waals surface area contributed by atoms with Gasteiger partial charge in [0.1, 0.15) is 23.4 Å². The molecule has 1 aliphatic rings. The lowest BCUT2D eigenvalue weighted by Gasteiger charge is -2.09. The molecule has 2 amide bonds. The molecule has 1 aliphatic carbocycles. The van der Waals surface area contributed by atoms with Crippen molar-refractivity contribution >= 4 is 50.3 Å². The number of anilines is 1. The monoisotopic (exact) mass is 536 g/mol. The molecule has 0 unspecified atom stereocenters. The number of aryl methyl sites for hydroxylation is 1. The molecule has 34 heavy (non-hydrogen) atoms. The van der Waals surface area contributed by atoms with E-state index in [4.69, 9.17) is 4.74 Å². The predicted molar refractivity (Wildman–Crippen MR) is 135 cm³/mol. The lowest BCUT2D eigenvalue weighted by Crippen LogP contribution is -2.32. The van der Waals surface area contributed by atoms with Gasteiger partial charge in [-0.05, 0) is 61.1 Å². The molecule has 0 radical (unpaired) electrons. The minimum absolute atomic E-state index is 0.374. The van der Waals surface area contributed by atoms with Crippen molar-refractivity contribution in [2.75, 3.05) is 5.32 Å². The number of para-hydroxylation sites is 1. The highest BCUT2D eigenvalue weighted by Crippen LogP contribution is 2.37. The van der Waals surface area contributed by atoms with Crippen molar-refractivity contribution in [3.8, 4) is 11.8 Å². The number of carbonyl (C=O) groups excluding carboxylic acids is 2. The molecule has 0 atom stereocenters. The molecule has 2 N–H and O–H groups in total. The number of nitriles is 1. The van der Waals surface area contributed by atoms with Gasteiger partial charge in [-0.15, -0.1) is 11.3 Å². The molecule has 172 valence electrons. The largest absolute Gasteiger partial charge is 0.488 e. The van der Waals surface area contributed by atoms with E-state index >= 15 is 0 Å². The summed E-state index contributed by atoms with van der Waals surface area (Å²) in [6.45, 7) is 0.374. The first-order valence-electron chi connectivity index (χ1n) is 10.7. The van der Waals surface area contributed by atoms with Gasteiger partial charge in [-0.1, -0.05) is 40.2 Å². The molecule has 0 fully saturated rings. The first-order valence-corrected chi connectivity index (χ1v) is 12.3. The van der Waals surface area contributed by atoms with Gasteiger partial charge in [0.25, 0.3) is 0 Å². The van der Waals surface area contributed by atoms with Crippen molar-refractivity contribution < 1.29 is 14.3 Å². The summed E-state index contributed by atoms with van der Waals surface area (Å²) >= 11 is 4.77. The Hall–Kier alpha value is -3.48. The Morgan fingerprint density at radius 3 is 2.68 bits per heavy atom. The van der Waals surface area contributed by atoms with Crippen LogP contribution in [0.5, 0.6) is 5.75 Å². The average Bonchev–Trinajstić information content (AvgIpc) is 3.21. The Kier molecular flexibility index (Phi) is 7.72. The van der Waals surface area contributed by atoms with Gasteiger partial charge < -0.3 is 10.1 Å². The second kappa shape index (κ2) is 11.1.